The van der Waals surface area contributed by atoms with Crippen molar-refractivity contribution in [2.75, 3.05) is 0 Å². The number of hydrogen-bond donors (Lipinski definition) is 2. The maximum Gasteiger partial charge on any atom is 0.338 e. The summed E-state index contributed by atoms with van der Waals surface area (Å²) in [5.41, 5.74) is 0.449. The average Bonchev–Trinajstić information content (AvgIpc) is 2.92. The molecular formula is C12H5Br2FN2O2S. The van der Waals surface area contributed by atoms with E-state index in [1.807, 2.05) is 6.07 Å². The molecule has 0 saturated heterocycles. The molecule has 3 rings (SSSR count). The quantitative estimate of drug-likeness (QED) is 0.635. The Kier molecular flexibility index (Phi) is 3.39. The van der Waals surface area contributed by atoms with Gasteiger partial charge >= 0.3 is 5.97 Å². The summed E-state index contributed by atoms with van der Waals surface area (Å²) in [7, 11) is 0. The fourth-order valence-electron chi connectivity index (χ4n) is 1.83. The van der Waals surface area contributed by atoms with Crippen LogP contribution in [0.4, 0.5) is 4.39 Å². The van der Waals surface area contributed by atoms with Crippen molar-refractivity contribution in [2.45, 2.75) is 0 Å². The number of fused-ring (bicyclic) bond motifs is 1. The van der Waals surface area contributed by atoms with Crippen LogP contribution >= 0.6 is 43.2 Å². The van der Waals surface area contributed by atoms with Crippen molar-refractivity contribution in [1.29, 1.82) is 0 Å². The van der Waals surface area contributed by atoms with Gasteiger partial charge in [0.2, 0.25) is 0 Å². The Hall–Kier alpha value is -1.25. The van der Waals surface area contributed by atoms with Gasteiger partial charge in [-0.05, 0) is 50.1 Å². The molecule has 0 bridgehead atoms. The smallest absolute Gasteiger partial charge is 0.338 e. The van der Waals surface area contributed by atoms with Crippen LogP contribution in [-0.4, -0.2) is 21.0 Å². The largest absolute Gasteiger partial charge is 0.478 e. The van der Waals surface area contributed by atoms with Gasteiger partial charge in [0.1, 0.15) is 17.2 Å². The Morgan fingerprint density at radius 1 is 1.35 bits per heavy atom. The number of aromatic carboxylic acids is 1. The predicted molar refractivity (Wildman–Crippen MR) is 81.7 cm³/mol. The number of nitrogens with zero attached hydrogens (tertiary/aromatic N) is 1. The Balaban J connectivity index is 2.24. The first-order valence-corrected chi connectivity index (χ1v) is 7.73. The second-order valence-electron chi connectivity index (χ2n) is 3.97. The molecule has 3 aromatic rings. The van der Waals surface area contributed by atoms with Crippen LogP contribution in [0.25, 0.3) is 21.7 Å². The highest BCUT2D eigenvalue weighted by atomic mass is 79.9. The van der Waals surface area contributed by atoms with E-state index in [4.69, 9.17) is 5.11 Å². The molecule has 0 aliphatic heterocycles. The molecule has 4 nitrogen and oxygen atoms in total. The number of nitrogens with one attached hydrogen (secondary N) is 1. The zero-order valence-electron chi connectivity index (χ0n) is 9.58. The van der Waals surface area contributed by atoms with Crippen molar-refractivity contribution in [3.63, 3.8) is 0 Å². The van der Waals surface area contributed by atoms with Crippen molar-refractivity contribution in [1.82, 2.24) is 9.97 Å². The van der Waals surface area contributed by atoms with Crippen LogP contribution in [-0.2, 0) is 0 Å². The normalized spacial score (nSPS) is 11.2. The van der Waals surface area contributed by atoms with E-state index < -0.39 is 11.8 Å². The summed E-state index contributed by atoms with van der Waals surface area (Å²) in [5, 5.41) is 9.10. The van der Waals surface area contributed by atoms with Gasteiger partial charge < -0.3 is 10.1 Å². The molecule has 0 radical (unpaired) electrons. The summed E-state index contributed by atoms with van der Waals surface area (Å²) >= 11 is 8.19. The van der Waals surface area contributed by atoms with E-state index in [9.17, 15) is 9.18 Å². The van der Waals surface area contributed by atoms with Crippen LogP contribution in [0.15, 0.2) is 26.5 Å². The van der Waals surface area contributed by atoms with Crippen molar-refractivity contribution < 1.29 is 14.3 Å². The first kappa shape index (κ1) is 13.7. The van der Waals surface area contributed by atoms with E-state index in [-0.39, 0.29) is 11.1 Å². The van der Waals surface area contributed by atoms with Gasteiger partial charge in [-0.2, -0.15) is 0 Å². The summed E-state index contributed by atoms with van der Waals surface area (Å²) in [6, 6.07) is 4.05. The monoisotopic (exact) mass is 418 g/mol. The molecule has 1 aromatic carbocycles. The number of benzene rings is 1. The van der Waals surface area contributed by atoms with Crippen molar-refractivity contribution in [3.05, 3.63) is 37.8 Å². The van der Waals surface area contributed by atoms with Crippen LogP contribution in [0.3, 0.4) is 0 Å². The van der Waals surface area contributed by atoms with Gasteiger partial charge in [-0.25, -0.2) is 14.2 Å². The molecule has 102 valence electrons. The second-order valence-corrected chi connectivity index (χ2v) is 7.20. The second kappa shape index (κ2) is 4.94. The number of imidazole rings is 1. The SMILES string of the molecule is O=C(O)c1cc(F)cc2[nH]c(-c3cc(Br)c(Br)s3)nc12. The number of rotatable bonds is 2. The summed E-state index contributed by atoms with van der Waals surface area (Å²) in [4.78, 5) is 19.2. The van der Waals surface area contributed by atoms with Gasteiger partial charge in [0.25, 0.3) is 0 Å². The van der Waals surface area contributed by atoms with E-state index in [1.165, 1.54) is 17.4 Å². The number of H-pyrrole nitrogens is 1. The summed E-state index contributed by atoms with van der Waals surface area (Å²) in [5.74, 6) is -1.32. The van der Waals surface area contributed by atoms with E-state index in [1.54, 1.807) is 0 Å². The first-order chi connectivity index (χ1) is 9.45. The van der Waals surface area contributed by atoms with Gasteiger partial charge in [-0.3, -0.25) is 0 Å². The third kappa shape index (κ3) is 2.27. The van der Waals surface area contributed by atoms with E-state index in [2.05, 4.69) is 41.8 Å². The third-order valence-corrected chi connectivity index (χ3v) is 5.92. The number of halogens is 3. The van der Waals surface area contributed by atoms with Gasteiger partial charge in [-0.1, -0.05) is 0 Å². The average molecular weight is 420 g/mol. The Morgan fingerprint density at radius 2 is 2.10 bits per heavy atom. The lowest BCUT2D eigenvalue weighted by Crippen LogP contribution is -1.98. The van der Waals surface area contributed by atoms with Crippen LogP contribution < -0.4 is 0 Å². The maximum atomic E-state index is 13.4. The highest BCUT2D eigenvalue weighted by molar-refractivity contribution is 9.13. The molecule has 2 N–H and O–H groups in total. The summed E-state index contributed by atoms with van der Waals surface area (Å²) in [6.07, 6.45) is 0. The van der Waals surface area contributed by atoms with E-state index in [0.29, 0.717) is 11.3 Å². The van der Waals surface area contributed by atoms with Gasteiger partial charge in [0.15, 0.2) is 0 Å². The number of carboxylic acids is 1. The predicted octanol–water partition coefficient (Wildman–Crippen LogP) is 4.65. The van der Waals surface area contributed by atoms with Crippen molar-refractivity contribution in [2.24, 2.45) is 0 Å². The molecule has 0 atom stereocenters. The molecule has 0 spiro atoms. The minimum Gasteiger partial charge on any atom is -0.478 e. The molecular weight excluding hydrogens is 415 g/mol. The van der Waals surface area contributed by atoms with Crippen molar-refractivity contribution in [3.8, 4) is 10.7 Å². The lowest BCUT2D eigenvalue weighted by molar-refractivity contribution is 0.0698. The van der Waals surface area contributed by atoms with Gasteiger partial charge in [0.05, 0.1) is 19.7 Å². The van der Waals surface area contributed by atoms with Crippen LogP contribution in [0.1, 0.15) is 10.4 Å². The minimum atomic E-state index is -1.21. The molecule has 0 saturated carbocycles. The van der Waals surface area contributed by atoms with E-state index >= 15 is 0 Å². The standard InChI is InChI=1S/C12H5Br2FN2O2S/c13-6-3-8(20-10(6)14)11-16-7-2-4(15)1-5(12(18)19)9(7)17-11/h1-3H,(H,16,17)(H,18,19). The number of carboxylic acid groups (broad SMARTS) is 1. The lowest BCUT2D eigenvalue weighted by atomic mass is 10.2. The number of aromatic amines is 1. The molecule has 20 heavy (non-hydrogen) atoms. The zero-order valence-corrected chi connectivity index (χ0v) is 13.6. The molecule has 0 aliphatic rings. The Bertz CT molecular complexity index is 824. The molecule has 0 amide bonds. The third-order valence-electron chi connectivity index (χ3n) is 2.66. The van der Waals surface area contributed by atoms with Gasteiger partial charge in [-0.15, -0.1) is 11.3 Å². The minimum absolute atomic E-state index is 0.155. The molecule has 0 aliphatic carbocycles. The molecule has 2 aromatic heterocycles. The lowest BCUT2D eigenvalue weighted by Gasteiger charge is -1.95. The Morgan fingerprint density at radius 3 is 2.70 bits per heavy atom. The summed E-state index contributed by atoms with van der Waals surface area (Å²) in [6.45, 7) is 0. The number of thiophene rings is 1. The first-order valence-electron chi connectivity index (χ1n) is 5.33. The van der Waals surface area contributed by atoms with Crippen molar-refractivity contribution >= 4 is 60.2 Å². The topological polar surface area (TPSA) is 66.0 Å². The number of hydrogen-bond acceptors (Lipinski definition) is 3. The Labute approximate surface area is 132 Å². The zero-order chi connectivity index (χ0) is 14.4. The fraction of sp³-hybridized carbons (Fsp3) is 0. The molecule has 0 fully saturated rings. The fourth-order valence-corrected chi connectivity index (χ4v) is 3.81. The highest BCUT2D eigenvalue weighted by Crippen LogP contribution is 2.37. The van der Waals surface area contributed by atoms with Crippen LogP contribution in [0, 0.1) is 5.82 Å². The van der Waals surface area contributed by atoms with E-state index in [0.717, 1.165) is 19.2 Å². The van der Waals surface area contributed by atoms with Crippen LogP contribution in [0.5, 0.6) is 0 Å². The highest BCUT2D eigenvalue weighted by Gasteiger charge is 2.17. The summed E-state index contributed by atoms with van der Waals surface area (Å²) < 4.78 is 15.2. The maximum absolute atomic E-state index is 13.4. The molecule has 8 heteroatoms. The molecule has 0 unspecified atom stereocenters. The number of carbonyl (C=O) groups is 1. The number of aromatic nitrogens is 2. The van der Waals surface area contributed by atoms with Crippen LogP contribution in [0.2, 0.25) is 0 Å². The molecule has 2 heterocycles. The van der Waals surface area contributed by atoms with Gasteiger partial charge in [0, 0.05) is 4.47 Å².